The summed E-state index contributed by atoms with van der Waals surface area (Å²) in [4.78, 5) is 8.75. The number of anilines is 1. The van der Waals surface area contributed by atoms with Gasteiger partial charge in [0.05, 0.1) is 6.54 Å². The number of halogens is 1. The molecule has 3 N–H and O–H groups in total. The minimum atomic E-state index is 0. The normalized spacial score (nSPS) is 14.7. The van der Waals surface area contributed by atoms with E-state index >= 15 is 0 Å². The van der Waals surface area contributed by atoms with Crippen molar-refractivity contribution in [2.45, 2.75) is 51.7 Å². The van der Waals surface area contributed by atoms with Gasteiger partial charge in [-0.3, -0.25) is 0 Å². The number of ether oxygens (including phenoxy) is 1. The van der Waals surface area contributed by atoms with Crippen LogP contribution in [0.1, 0.15) is 43.7 Å². The van der Waals surface area contributed by atoms with Gasteiger partial charge in [-0.05, 0) is 55.4 Å². The number of hydrogen-bond donors (Lipinski definition) is 2. The van der Waals surface area contributed by atoms with Crippen molar-refractivity contribution in [3.63, 3.8) is 0 Å². The van der Waals surface area contributed by atoms with Gasteiger partial charge in [-0.2, -0.15) is 0 Å². The summed E-state index contributed by atoms with van der Waals surface area (Å²) in [5.41, 5.74) is 9.20. The van der Waals surface area contributed by atoms with Gasteiger partial charge >= 0.3 is 0 Å². The Morgan fingerprint density at radius 1 is 1.23 bits per heavy atom. The van der Waals surface area contributed by atoms with Crippen molar-refractivity contribution in [2.24, 2.45) is 10.7 Å². The van der Waals surface area contributed by atoms with Crippen LogP contribution in [-0.2, 0) is 13.0 Å². The number of benzene rings is 1. The molecule has 0 spiro atoms. The summed E-state index contributed by atoms with van der Waals surface area (Å²) >= 11 is 0. The van der Waals surface area contributed by atoms with Gasteiger partial charge < -0.3 is 15.8 Å². The Kier molecular flexibility index (Phi) is 8.15. The molecule has 0 atom stereocenters. The molecule has 5 nitrogen and oxygen atoms in total. The Bertz CT molecular complexity index is 712. The first-order valence-electron chi connectivity index (χ1n) is 9.00. The maximum absolute atomic E-state index is 5.98. The van der Waals surface area contributed by atoms with Crippen LogP contribution in [0.25, 0.3) is 0 Å². The summed E-state index contributed by atoms with van der Waals surface area (Å²) < 4.78 is 5.87. The monoisotopic (exact) mass is 466 g/mol. The molecule has 0 unspecified atom stereocenters. The maximum atomic E-state index is 5.98. The zero-order chi connectivity index (χ0) is 17.5. The lowest BCUT2D eigenvalue weighted by Crippen LogP contribution is -2.22. The molecule has 0 amide bonds. The number of rotatable bonds is 6. The predicted octanol–water partition coefficient (Wildman–Crippen LogP) is 4.51. The van der Waals surface area contributed by atoms with Crippen molar-refractivity contribution in [3.05, 3.63) is 53.7 Å². The number of pyridine rings is 1. The number of hydrogen-bond acceptors (Lipinski definition) is 3. The molecule has 0 radical (unpaired) electrons. The molecule has 1 aromatic carbocycles. The first kappa shape index (κ1) is 20.5. The molecule has 0 saturated heterocycles. The molecular weight excluding hydrogens is 439 g/mol. The summed E-state index contributed by atoms with van der Waals surface area (Å²) in [7, 11) is 0. The number of aromatic nitrogens is 1. The quantitative estimate of drug-likeness (QED) is 0.373. The number of aliphatic imine (C=N–C) groups is 1. The molecule has 2 aromatic rings. The van der Waals surface area contributed by atoms with Crippen molar-refractivity contribution >= 4 is 35.6 Å². The van der Waals surface area contributed by atoms with Crippen LogP contribution < -0.4 is 15.8 Å². The van der Waals surface area contributed by atoms with Gasteiger partial charge in [0.15, 0.2) is 5.96 Å². The fourth-order valence-corrected chi connectivity index (χ4v) is 2.98. The third-order valence-corrected chi connectivity index (χ3v) is 4.43. The highest BCUT2D eigenvalue weighted by Crippen LogP contribution is 2.22. The van der Waals surface area contributed by atoms with Gasteiger partial charge in [0, 0.05) is 18.0 Å². The zero-order valence-electron chi connectivity index (χ0n) is 15.1. The smallest absolute Gasteiger partial charge is 0.213 e. The van der Waals surface area contributed by atoms with Gasteiger partial charge in [0.2, 0.25) is 5.88 Å². The Labute approximate surface area is 172 Å². The minimum absolute atomic E-state index is 0. The average Bonchev–Trinajstić information content (AvgIpc) is 3.14. The van der Waals surface area contributed by atoms with E-state index < -0.39 is 0 Å². The van der Waals surface area contributed by atoms with Crippen molar-refractivity contribution in [3.8, 4) is 5.88 Å². The van der Waals surface area contributed by atoms with Crippen molar-refractivity contribution in [2.75, 3.05) is 5.32 Å². The van der Waals surface area contributed by atoms with Gasteiger partial charge in [-0.15, -0.1) is 24.0 Å². The molecule has 1 heterocycles. The minimum Gasteiger partial charge on any atom is -0.474 e. The lowest BCUT2D eigenvalue weighted by Gasteiger charge is -2.11. The Morgan fingerprint density at radius 3 is 2.73 bits per heavy atom. The molecule has 3 rings (SSSR count). The van der Waals surface area contributed by atoms with E-state index in [4.69, 9.17) is 10.5 Å². The van der Waals surface area contributed by atoms with Crippen LogP contribution in [0.3, 0.4) is 0 Å². The van der Waals surface area contributed by atoms with Crippen LogP contribution >= 0.6 is 24.0 Å². The van der Waals surface area contributed by atoms with Crippen LogP contribution in [0.2, 0.25) is 0 Å². The van der Waals surface area contributed by atoms with E-state index in [2.05, 4.69) is 34.3 Å². The van der Waals surface area contributed by atoms with E-state index in [0.29, 0.717) is 24.5 Å². The molecule has 6 heteroatoms. The molecule has 1 aromatic heterocycles. The summed E-state index contributed by atoms with van der Waals surface area (Å²) in [6.45, 7) is 2.62. The molecule has 1 saturated carbocycles. The zero-order valence-corrected chi connectivity index (χ0v) is 17.5. The molecule has 140 valence electrons. The van der Waals surface area contributed by atoms with Gasteiger partial charge in [-0.25, -0.2) is 9.98 Å². The number of guanidine groups is 1. The van der Waals surface area contributed by atoms with Crippen LogP contribution in [0.15, 0.2) is 47.6 Å². The number of nitrogens with one attached hydrogen (secondary N) is 1. The summed E-state index contributed by atoms with van der Waals surface area (Å²) in [5.74, 6) is 1.10. The first-order valence-corrected chi connectivity index (χ1v) is 9.00. The SMILES string of the molecule is CCc1cccc(NC(N)=NCc2ccc(OC3CCCC3)nc2)c1.I. The Balaban J connectivity index is 0.00000243. The van der Waals surface area contributed by atoms with E-state index in [1.165, 1.54) is 18.4 Å². The number of nitrogens with two attached hydrogens (primary N) is 1. The third-order valence-electron chi connectivity index (χ3n) is 4.43. The standard InChI is InChI=1S/C20H26N4O.HI/c1-2-15-6-5-7-17(12-15)24-20(21)23-14-16-10-11-19(22-13-16)25-18-8-3-4-9-18;/h5-7,10-13,18H,2-4,8-9,14H2,1H3,(H3,21,23,24);1H. The molecule has 26 heavy (non-hydrogen) atoms. The molecule has 1 aliphatic carbocycles. The second-order valence-corrected chi connectivity index (χ2v) is 6.41. The van der Waals surface area contributed by atoms with Crippen LogP contribution in [-0.4, -0.2) is 17.0 Å². The molecule has 0 bridgehead atoms. The largest absolute Gasteiger partial charge is 0.474 e. The summed E-state index contributed by atoms with van der Waals surface area (Å²) in [6.07, 6.45) is 7.90. The second kappa shape index (κ2) is 10.4. The number of nitrogens with zero attached hydrogens (tertiary/aromatic N) is 2. The first-order chi connectivity index (χ1) is 12.2. The average molecular weight is 466 g/mol. The fraction of sp³-hybridized carbons (Fsp3) is 0.400. The van der Waals surface area contributed by atoms with E-state index in [1.54, 1.807) is 6.20 Å². The molecule has 0 aliphatic heterocycles. The third kappa shape index (κ3) is 6.16. The highest BCUT2D eigenvalue weighted by molar-refractivity contribution is 14.0. The van der Waals surface area contributed by atoms with Crippen molar-refractivity contribution in [1.29, 1.82) is 0 Å². The van der Waals surface area contributed by atoms with Crippen molar-refractivity contribution in [1.82, 2.24) is 4.98 Å². The molecule has 1 fully saturated rings. The Hall–Kier alpha value is -1.83. The molecule has 1 aliphatic rings. The maximum Gasteiger partial charge on any atom is 0.213 e. The van der Waals surface area contributed by atoms with Gasteiger partial charge in [0.25, 0.3) is 0 Å². The Morgan fingerprint density at radius 2 is 2.04 bits per heavy atom. The second-order valence-electron chi connectivity index (χ2n) is 6.41. The highest BCUT2D eigenvalue weighted by atomic mass is 127. The van der Waals surface area contributed by atoms with Crippen LogP contribution in [0.5, 0.6) is 5.88 Å². The van der Waals surface area contributed by atoms with E-state index in [1.807, 2.05) is 24.3 Å². The van der Waals surface area contributed by atoms with E-state index in [-0.39, 0.29) is 24.0 Å². The van der Waals surface area contributed by atoms with Crippen molar-refractivity contribution < 1.29 is 4.74 Å². The topological polar surface area (TPSA) is 72.5 Å². The van der Waals surface area contributed by atoms with Gasteiger partial charge in [0.1, 0.15) is 6.10 Å². The van der Waals surface area contributed by atoms with E-state index in [9.17, 15) is 0 Å². The predicted molar refractivity (Wildman–Crippen MR) is 117 cm³/mol. The highest BCUT2D eigenvalue weighted by Gasteiger charge is 2.16. The fourth-order valence-electron chi connectivity index (χ4n) is 2.98. The summed E-state index contributed by atoms with van der Waals surface area (Å²) in [5, 5.41) is 3.13. The number of aryl methyl sites for hydroxylation is 1. The van der Waals surface area contributed by atoms with Crippen LogP contribution in [0, 0.1) is 0 Å². The summed E-state index contributed by atoms with van der Waals surface area (Å²) in [6, 6.07) is 12.1. The van der Waals surface area contributed by atoms with Crippen LogP contribution in [0.4, 0.5) is 5.69 Å². The lowest BCUT2D eigenvalue weighted by atomic mass is 10.1. The van der Waals surface area contributed by atoms with Gasteiger partial charge in [-0.1, -0.05) is 25.1 Å². The van der Waals surface area contributed by atoms with E-state index in [0.717, 1.165) is 30.5 Å². The lowest BCUT2D eigenvalue weighted by molar-refractivity contribution is 0.201. The molecular formula is C20H27IN4O.